The van der Waals surface area contributed by atoms with Crippen LogP contribution in [0, 0.1) is 11.3 Å². The van der Waals surface area contributed by atoms with Crippen molar-refractivity contribution in [2.75, 3.05) is 12.1 Å². The summed E-state index contributed by atoms with van der Waals surface area (Å²) >= 11 is 0. The normalized spacial score (nSPS) is 16.1. The molecule has 4 rings (SSSR count). The number of nitrogens with one attached hydrogen (secondary N) is 1. The van der Waals surface area contributed by atoms with Crippen LogP contribution in [0.5, 0.6) is 0 Å². The molecule has 4 heteroatoms. The van der Waals surface area contributed by atoms with Crippen LogP contribution in [0.25, 0.3) is 11.1 Å². The van der Waals surface area contributed by atoms with E-state index in [1.54, 1.807) is 0 Å². The van der Waals surface area contributed by atoms with Crippen LogP contribution in [0.3, 0.4) is 0 Å². The molecule has 1 aliphatic rings. The van der Waals surface area contributed by atoms with Crippen molar-refractivity contribution in [3.05, 3.63) is 89.5 Å². The molecular weight excluding hydrogens is 308 g/mol. The van der Waals surface area contributed by atoms with Crippen molar-refractivity contribution in [3.8, 4) is 17.2 Å². The molecule has 3 aromatic rings. The first-order valence-corrected chi connectivity index (χ1v) is 8.23. The standard InChI is InChI=1S/C21H18N4/c22-13-15-5-7-16(8-6-15)17-9-11-18(12-10-17)21-19-3-1-2-4-20(19)24-25(21)14-23/h1-12,21,24H,14,23H2. The number of nitriles is 1. The summed E-state index contributed by atoms with van der Waals surface area (Å²) < 4.78 is 0. The van der Waals surface area contributed by atoms with Gasteiger partial charge in [-0.05, 0) is 34.9 Å². The van der Waals surface area contributed by atoms with Crippen molar-refractivity contribution < 1.29 is 0 Å². The average molecular weight is 326 g/mol. The minimum Gasteiger partial charge on any atom is -0.317 e. The molecule has 3 N–H and O–H groups in total. The zero-order valence-electron chi connectivity index (χ0n) is 13.7. The molecule has 3 aromatic carbocycles. The van der Waals surface area contributed by atoms with Gasteiger partial charge in [0, 0.05) is 5.56 Å². The van der Waals surface area contributed by atoms with Crippen LogP contribution in [0.1, 0.15) is 22.7 Å². The highest BCUT2D eigenvalue weighted by atomic mass is 15.6. The van der Waals surface area contributed by atoms with Crippen LogP contribution in [-0.2, 0) is 0 Å². The van der Waals surface area contributed by atoms with Gasteiger partial charge in [-0.25, -0.2) is 0 Å². The third kappa shape index (κ3) is 2.76. The third-order valence-corrected chi connectivity index (χ3v) is 4.60. The molecule has 1 heterocycles. The Hall–Kier alpha value is -3.13. The Morgan fingerprint density at radius 1 is 0.920 bits per heavy atom. The molecule has 4 nitrogen and oxygen atoms in total. The zero-order chi connectivity index (χ0) is 17.2. The predicted octanol–water partition coefficient (Wildman–Crippen LogP) is 3.87. The summed E-state index contributed by atoms with van der Waals surface area (Å²) in [7, 11) is 0. The second kappa shape index (κ2) is 6.40. The number of anilines is 1. The van der Waals surface area contributed by atoms with Crippen LogP contribution in [0.4, 0.5) is 5.69 Å². The summed E-state index contributed by atoms with van der Waals surface area (Å²) in [6, 6.07) is 26.7. The van der Waals surface area contributed by atoms with Crippen molar-refractivity contribution >= 4 is 5.69 Å². The first-order valence-electron chi connectivity index (χ1n) is 8.23. The molecule has 0 aliphatic carbocycles. The second-order valence-corrected chi connectivity index (χ2v) is 6.07. The van der Waals surface area contributed by atoms with Gasteiger partial charge in [0.2, 0.25) is 0 Å². The summed E-state index contributed by atoms with van der Waals surface area (Å²) in [4.78, 5) is 0. The van der Waals surface area contributed by atoms with Crippen molar-refractivity contribution in [1.29, 1.82) is 5.26 Å². The lowest BCUT2D eigenvalue weighted by atomic mass is 9.96. The number of fused-ring (bicyclic) bond motifs is 1. The van der Waals surface area contributed by atoms with Gasteiger partial charge < -0.3 is 11.2 Å². The first-order chi connectivity index (χ1) is 12.3. The number of hydrogen-bond acceptors (Lipinski definition) is 4. The topological polar surface area (TPSA) is 65.1 Å². The minimum atomic E-state index is 0.108. The van der Waals surface area contributed by atoms with E-state index in [0.717, 1.165) is 16.8 Å². The van der Waals surface area contributed by atoms with Crippen LogP contribution >= 0.6 is 0 Å². The number of para-hydroxylation sites is 1. The van der Waals surface area contributed by atoms with Crippen molar-refractivity contribution in [2.24, 2.45) is 5.73 Å². The van der Waals surface area contributed by atoms with E-state index in [2.05, 4.69) is 54.0 Å². The van der Waals surface area contributed by atoms with Gasteiger partial charge in [-0.3, -0.25) is 0 Å². The zero-order valence-corrected chi connectivity index (χ0v) is 13.7. The fourth-order valence-corrected chi connectivity index (χ4v) is 3.33. The molecular formula is C21H18N4. The molecule has 122 valence electrons. The van der Waals surface area contributed by atoms with Crippen LogP contribution in [0.15, 0.2) is 72.8 Å². The van der Waals surface area contributed by atoms with E-state index in [0.29, 0.717) is 12.2 Å². The summed E-state index contributed by atoms with van der Waals surface area (Å²) in [5, 5.41) is 11.0. The number of rotatable bonds is 3. The Labute approximate surface area is 147 Å². The molecule has 25 heavy (non-hydrogen) atoms. The van der Waals surface area contributed by atoms with E-state index < -0.39 is 0 Å². The monoisotopic (exact) mass is 326 g/mol. The molecule has 0 aromatic heterocycles. The number of nitrogens with zero attached hydrogens (tertiary/aromatic N) is 2. The van der Waals surface area contributed by atoms with Gasteiger partial charge in [0.05, 0.1) is 30.0 Å². The summed E-state index contributed by atoms with van der Waals surface area (Å²) in [5.74, 6) is 0. The molecule has 0 bridgehead atoms. The minimum absolute atomic E-state index is 0.108. The molecule has 0 spiro atoms. The Bertz CT molecular complexity index is 923. The quantitative estimate of drug-likeness (QED) is 0.767. The average Bonchev–Trinajstić information content (AvgIpc) is 3.07. The molecule has 0 saturated carbocycles. The van der Waals surface area contributed by atoms with E-state index in [-0.39, 0.29) is 6.04 Å². The second-order valence-electron chi connectivity index (χ2n) is 6.07. The highest BCUT2D eigenvalue weighted by Gasteiger charge is 2.30. The maximum Gasteiger partial charge on any atom is 0.0991 e. The fraction of sp³-hybridized carbons (Fsp3) is 0.0952. The molecule has 0 radical (unpaired) electrons. The Balaban J connectivity index is 1.66. The predicted molar refractivity (Wildman–Crippen MR) is 99.4 cm³/mol. The molecule has 0 fully saturated rings. The number of hydrogen-bond donors (Lipinski definition) is 2. The Morgan fingerprint density at radius 2 is 1.56 bits per heavy atom. The molecule has 1 aliphatic heterocycles. The fourth-order valence-electron chi connectivity index (χ4n) is 3.33. The highest BCUT2D eigenvalue weighted by molar-refractivity contribution is 5.65. The summed E-state index contributed by atoms with van der Waals surface area (Å²) in [6.45, 7) is 0.427. The largest absolute Gasteiger partial charge is 0.317 e. The van der Waals surface area contributed by atoms with Crippen LogP contribution in [0.2, 0.25) is 0 Å². The maximum absolute atomic E-state index is 8.91. The van der Waals surface area contributed by atoms with E-state index in [1.165, 1.54) is 11.1 Å². The van der Waals surface area contributed by atoms with Gasteiger partial charge in [0.25, 0.3) is 0 Å². The lowest BCUT2D eigenvalue weighted by molar-refractivity contribution is 0.305. The summed E-state index contributed by atoms with van der Waals surface area (Å²) in [6.07, 6.45) is 0. The maximum atomic E-state index is 8.91. The van der Waals surface area contributed by atoms with Crippen LogP contribution < -0.4 is 11.2 Å². The van der Waals surface area contributed by atoms with E-state index >= 15 is 0 Å². The number of nitrogens with two attached hydrogens (primary N) is 1. The number of benzene rings is 3. The summed E-state index contributed by atoms with van der Waals surface area (Å²) in [5.41, 5.74) is 15.7. The van der Waals surface area contributed by atoms with Gasteiger partial charge in [-0.1, -0.05) is 54.6 Å². The van der Waals surface area contributed by atoms with Crippen molar-refractivity contribution in [3.63, 3.8) is 0 Å². The number of hydrazine groups is 1. The lowest BCUT2D eigenvalue weighted by Gasteiger charge is -2.23. The molecule has 0 amide bonds. The van der Waals surface area contributed by atoms with Crippen molar-refractivity contribution in [2.45, 2.75) is 6.04 Å². The van der Waals surface area contributed by atoms with E-state index in [4.69, 9.17) is 11.0 Å². The Morgan fingerprint density at radius 3 is 2.20 bits per heavy atom. The van der Waals surface area contributed by atoms with Crippen molar-refractivity contribution in [1.82, 2.24) is 5.01 Å². The lowest BCUT2D eigenvalue weighted by Crippen LogP contribution is -2.34. The molecule has 1 atom stereocenters. The highest BCUT2D eigenvalue weighted by Crippen LogP contribution is 2.39. The van der Waals surface area contributed by atoms with Gasteiger partial charge in [0.15, 0.2) is 0 Å². The molecule has 1 unspecified atom stereocenters. The van der Waals surface area contributed by atoms with E-state index in [1.807, 2.05) is 35.3 Å². The van der Waals surface area contributed by atoms with Gasteiger partial charge >= 0.3 is 0 Å². The Kier molecular flexibility index (Phi) is 3.95. The van der Waals surface area contributed by atoms with Gasteiger partial charge in [0.1, 0.15) is 0 Å². The van der Waals surface area contributed by atoms with E-state index in [9.17, 15) is 0 Å². The smallest absolute Gasteiger partial charge is 0.0991 e. The SMILES string of the molecule is N#Cc1ccc(-c2ccc(C3c4ccccc4NN3CN)cc2)cc1. The van der Waals surface area contributed by atoms with Gasteiger partial charge in [-0.15, -0.1) is 0 Å². The first kappa shape index (κ1) is 15.4. The third-order valence-electron chi connectivity index (χ3n) is 4.60. The molecule has 0 saturated heterocycles. The van der Waals surface area contributed by atoms with Crippen LogP contribution in [-0.4, -0.2) is 11.7 Å². The van der Waals surface area contributed by atoms with Gasteiger partial charge in [-0.2, -0.15) is 10.3 Å².